The van der Waals surface area contributed by atoms with Crippen molar-refractivity contribution in [2.24, 2.45) is 7.05 Å². The Hall–Kier alpha value is -2.37. The van der Waals surface area contributed by atoms with Crippen LogP contribution in [0.5, 0.6) is 5.88 Å². The number of nitrogens with one attached hydrogen (secondary N) is 1. The van der Waals surface area contributed by atoms with E-state index in [1.165, 1.54) is 6.33 Å². The van der Waals surface area contributed by atoms with E-state index >= 15 is 0 Å². The van der Waals surface area contributed by atoms with Crippen molar-refractivity contribution in [3.8, 4) is 17.1 Å². The smallest absolute Gasteiger partial charge is 0.225 e. The third-order valence-corrected chi connectivity index (χ3v) is 2.60. The van der Waals surface area contributed by atoms with Crippen LogP contribution >= 0.6 is 0 Å². The molecule has 0 spiro atoms. The van der Waals surface area contributed by atoms with Crippen LogP contribution in [0.2, 0.25) is 0 Å². The molecule has 3 aromatic heterocycles. The Kier molecular flexibility index (Phi) is 2.07. The monoisotopic (exact) mass is 229 g/mol. The van der Waals surface area contributed by atoms with Gasteiger partial charge in [0.05, 0.1) is 24.4 Å². The van der Waals surface area contributed by atoms with E-state index in [9.17, 15) is 0 Å². The molecule has 0 aliphatic heterocycles. The van der Waals surface area contributed by atoms with E-state index < -0.39 is 0 Å². The van der Waals surface area contributed by atoms with Gasteiger partial charge in [-0.15, -0.1) is 0 Å². The number of fused-ring (bicyclic) bond motifs is 1. The van der Waals surface area contributed by atoms with E-state index in [2.05, 4.69) is 20.1 Å². The van der Waals surface area contributed by atoms with Crippen molar-refractivity contribution in [2.75, 3.05) is 7.11 Å². The molecule has 0 aliphatic carbocycles. The fourth-order valence-corrected chi connectivity index (χ4v) is 1.80. The predicted molar refractivity (Wildman–Crippen MR) is 62.6 cm³/mol. The minimum atomic E-state index is 0.571. The highest BCUT2D eigenvalue weighted by Crippen LogP contribution is 2.27. The summed E-state index contributed by atoms with van der Waals surface area (Å²) >= 11 is 0. The topological polar surface area (TPSA) is 68.6 Å². The first kappa shape index (κ1) is 9.83. The zero-order valence-electron chi connectivity index (χ0n) is 9.51. The maximum absolute atomic E-state index is 5.19. The molecule has 0 saturated carbocycles. The van der Waals surface area contributed by atoms with Crippen LogP contribution < -0.4 is 4.74 Å². The zero-order valence-corrected chi connectivity index (χ0v) is 9.51. The van der Waals surface area contributed by atoms with E-state index in [-0.39, 0.29) is 0 Å². The first-order valence-electron chi connectivity index (χ1n) is 5.14. The van der Waals surface area contributed by atoms with Crippen molar-refractivity contribution in [3.05, 3.63) is 24.8 Å². The Morgan fingerprint density at radius 1 is 1.35 bits per heavy atom. The molecular weight excluding hydrogens is 218 g/mol. The number of nitrogens with zero attached hydrogens (tertiary/aromatic N) is 4. The van der Waals surface area contributed by atoms with Gasteiger partial charge in [-0.05, 0) is 6.07 Å². The van der Waals surface area contributed by atoms with Crippen LogP contribution in [0.15, 0.2) is 24.8 Å². The lowest BCUT2D eigenvalue weighted by atomic mass is 10.2. The molecule has 0 aromatic carbocycles. The van der Waals surface area contributed by atoms with Crippen molar-refractivity contribution < 1.29 is 4.74 Å². The number of methoxy groups -OCH3 is 1. The Morgan fingerprint density at radius 3 is 2.94 bits per heavy atom. The second kappa shape index (κ2) is 3.58. The zero-order chi connectivity index (χ0) is 11.8. The van der Waals surface area contributed by atoms with Gasteiger partial charge in [0.1, 0.15) is 12.0 Å². The molecule has 0 amide bonds. The van der Waals surface area contributed by atoms with Gasteiger partial charge >= 0.3 is 0 Å². The molecule has 6 heteroatoms. The Balaban J connectivity index is 2.19. The molecule has 0 saturated heterocycles. The number of hydrogen-bond donors (Lipinski definition) is 1. The maximum Gasteiger partial charge on any atom is 0.225 e. The summed E-state index contributed by atoms with van der Waals surface area (Å²) in [6.45, 7) is 0. The quantitative estimate of drug-likeness (QED) is 0.720. The molecule has 3 heterocycles. The second-order valence-corrected chi connectivity index (χ2v) is 3.73. The van der Waals surface area contributed by atoms with Gasteiger partial charge in [-0.2, -0.15) is 5.10 Å². The summed E-state index contributed by atoms with van der Waals surface area (Å²) < 4.78 is 6.94. The summed E-state index contributed by atoms with van der Waals surface area (Å²) in [6, 6.07) is 1.96. The number of H-pyrrole nitrogens is 1. The van der Waals surface area contributed by atoms with E-state index in [1.54, 1.807) is 18.0 Å². The third kappa shape index (κ3) is 1.54. The fourth-order valence-electron chi connectivity index (χ4n) is 1.80. The van der Waals surface area contributed by atoms with Crippen molar-refractivity contribution in [3.63, 3.8) is 0 Å². The number of aromatic nitrogens is 5. The highest BCUT2D eigenvalue weighted by molar-refractivity contribution is 5.86. The van der Waals surface area contributed by atoms with Gasteiger partial charge < -0.3 is 9.72 Å². The number of aryl methyl sites for hydroxylation is 1. The minimum Gasteiger partial charge on any atom is -0.480 e. The van der Waals surface area contributed by atoms with Crippen molar-refractivity contribution in [1.29, 1.82) is 0 Å². The largest absolute Gasteiger partial charge is 0.480 e. The average Bonchev–Trinajstić information content (AvgIpc) is 2.93. The van der Waals surface area contributed by atoms with Crippen molar-refractivity contribution >= 4 is 11.0 Å². The van der Waals surface area contributed by atoms with Gasteiger partial charge in [0, 0.05) is 18.8 Å². The Morgan fingerprint density at radius 2 is 2.24 bits per heavy atom. The molecule has 3 aromatic rings. The maximum atomic E-state index is 5.19. The van der Waals surface area contributed by atoms with E-state index in [1.807, 2.05) is 19.3 Å². The summed E-state index contributed by atoms with van der Waals surface area (Å²) in [7, 11) is 3.48. The highest BCUT2D eigenvalue weighted by Gasteiger charge is 2.10. The summed E-state index contributed by atoms with van der Waals surface area (Å²) in [5.74, 6) is 0.571. The van der Waals surface area contributed by atoms with E-state index in [4.69, 9.17) is 4.74 Å². The van der Waals surface area contributed by atoms with Gasteiger partial charge in [0.25, 0.3) is 0 Å². The van der Waals surface area contributed by atoms with Crippen LogP contribution in [-0.4, -0.2) is 31.8 Å². The molecule has 0 aliphatic rings. The summed E-state index contributed by atoms with van der Waals surface area (Å²) in [6.07, 6.45) is 5.21. The molecule has 6 nitrogen and oxygen atoms in total. The number of aromatic amines is 1. The van der Waals surface area contributed by atoms with E-state index in [0.29, 0.717) is 5.88 Å². The second-order valence-electron chi connectivity index (χ2n) is 3.73. The number of hydrogen-bond acceptors (Lipinski definition) is 4. The van der Waals surface area contributed by atoms with Gasteiger partial charge in [-0.1, -0.05) is 0 Å². The lowest BCUT2D eigenvalue weighted by Gasteiger charge is -1.96. The normalized spacial score (nSPS) is 10.9. The standard InChI is InChI=1S/C11H11N5O/c1-16-5-7(4-14-16)9-3-8-10(15-9)12-6-13-11(8)17-2/h3-6H,1-2H3,(H,12,13,15). The van der Waals surface area contributed by atoms with Crippen LogP contribution in [0.4, 0.5) is 0 Å². The molecule has 0 fully saturated rings. The molecule has 86 valence electrons. The van der Waals surface area contributed by atoms with Gasteiger partial charge in [-0.25, -0.2) is 9.97 Å². The van der Waals surface area contributed by atoms with Crippen LogP contribution in [-0.2, 0) is 7.05 Å². The lowest BCUT2D eigenvalue weighted by Crippen LogP contribution is -1.88. The Labute approximate surface area is 97.3 Å². The van der Waals surface area contributed by atoms with Crippen LogP contribution in [0.3, 0.4) is 0 Å². The highest BCUT2D eigenvalue weighted by atomic mass is 16.5. The first-order valence-corrected chi connectivity index (χ1v) is 5.14. The third-order valence-electron chi connectivity index (χ3n) is 2.60. The van der Waals surface area contributed by atoms with Crippen molar-refractivity contribution in [2.45, 2.75) is 0 Å². The van der Waals surface area contributed by atoms with Gasteiger partial charge in [-0.3, -0.25) is 4.68 Å². The average molecular weight is 229 g/mol. The molecule has 0 radical (unpaired) electrons. The summed E-state index contributed by atoms with van der Waals surface area (Å²) in [5.41, 5.74) is 2.72. The summed E-state index contributed by atoms with van der Waals surface area (Å²) in [5, 5.41) is 5.00. The summed E-state index contributed by atoms with van der Waals surface area (Å²) in [4.78, 5) is 11.4. The first-order chi connectivity index (χ1) is 8.28. The predicted octanol–water partition coefficient (Wildman–Crippen LogP) is 1.37. The molecular formula is C11H11N5O. The SMILES string of the molecule is COc1ncnc2[nH]c(-c3cnn(C)c3)cc12. The Bertz CT molecular complexity index is 669. The van der Waals surface area contributed by atoms with Crippen LogP contribution in [0.1, 0.15) is 0 Å². The molecule has 0 atom stereocenters. The van der Waals surface area contributed by atoms with Crippen LogP contribution in [0, 0.1) is 0 Å². The molecule has 17 heavy (non-hydrogen) atoms. The molecule has 0 unspecified atom stereocenters. The molecule has 0 bridgehead atoms. The fraction of sp³-hybridized carbons (Fsp3) is 0.182. The number of ether oxygens (including phenoxy) is 1. The molecule has 3 rings (SSSR count). The van der Waals surface area contributed by atoms with Gasteiger partial charge in [0.15, 0.2) is 0 Å². The number of rotatable bonds is 2. The van der Waals surface area contributed by atoms with Gasteiger partial charge in [0.2, 0.25) is 5.88 Å². The molecule has 1 N–H and O–H groups in total. The van der Waals surface area contributed by atoms with Crippen LogP contribution in [0.25, 0.3) is 22.3 Å². The van der Waals surface area contributed by atoms with Crippen molar-refractivity contribution in [1.82, 2.24) is 24.7 Å². The minimum absolute atomic E-state index is 0.571. The van der Waals surface area contributed by atoms with E-state index in [0.717, 1.165) is 22.3 Å². The lowest BCUT2D eigenvalue weighted by molar-refractivity contribution is 0.402.